The van der Waals surface area contributed by atoms with Gasteiger partial charge < -0.3 is 20.1 Å². The summed E-state index contributed by atoms with van der Waals surface area (Å²) in [5.74, 6) is 0.117. The van der Waals surface area contributed by atoms with Crippen LogP contribution in [-0.2, 0) is 11.1 Å². The molecule has 0 atom stereocenters. The van der Waals surface area contributed by atoms with Gasteiger partial charge in [0.25, 0.3) is 0 Å². The number of nitrogen functional groups attached to an aromatic ring is 1. The Morgan fingerprint density at radius 2 is 2.17 bits per heavy atom. The van der Waals surface area contributed by atoms with E-state index in [9.17, 15) is 4.57 Å². The van der Waals surface area contributed by atoms with Crippen molar-refractivity contribution in [2.75, 3.05) is 11.9 Å². The van der Waals surface area contributed by atoms with Gasteiger partial charge >= 0.3 is 7.60 Å². The summed E-state index contributed by atoms with van der Waals surface area (Å²) in [5, 5.41) is 0. The van der Waals surface area contributed by atoms with Gasteiger partial charge in [-0.15, -0.1) is 0 Å². The molecule has 8 nitrogen and oxygen atoms in total. The highest BCUT2D eigenvalue weighted by atomic mass is 79.9. The van der Waals surface area contributed by atoms with Gasteiger partial charge in [0.1, 0.15) is 10.1 Å². The van der Waals surface area contributed by atoms with E-state index in [4.69, 9.17) is 15.5 Å². The Balaban J connectivity index is 2.22. The molecule has 2 heterocycles. The molecule has 18 heavy (non-hydrogen) atoms. The van der Waals surface area contributed by atoms with Gasteiger partial charge in [0.2, 0.25) is 5.95 Å². The fourth-order valence-corrected chi connectivity index (χ4v) is 2.55. The second kappa shape index (κ2) is 4.93. The smallest absolute Gasteiger partial charge is 0.325 e. The number of anilines is 1. The Morgan fingerprint density at radius 3 is 2.83 bits per heavy atom. The summed E-state index contributed by atoms with van der Waals surface area (Å²) in [4.78, 5) is 29.6. The molecule has 2 rings (SSSR count). The second-order valence-electron chi connectivity index (χ2n) is 3.72. The number of halogens is 1. The summed E-state index contributed by atoms with van der Waals surface area (Å²) in [7, 11) is -3.96. The first-order valence-electron chi connectivity index (χ1n) is 5.05. The zero-order chi connectivity index (χ0) is 13.3. The Labute approximate surface area is 111 Å². The molecule has 0 saturated heterocycles. The number of hydrogen-bond acceptors (Lipinski definition) is 5. The van der Waals surface area contributed by atoms with E-state index in [0.717, 1.165) is 0 Å². The summed E-state index contributed by atoms with van der Waals surface area (Å²) < 4.78 is 12.9. The van der Waals surface area contributed by atoms with Crippen LogP contribution in [0.15, 0.2) is 10.9 Å². The molecule has 0 aromatic carbocycles. The van der Waals surface area contributed by atoms with E-state index in [1.54, 1.807) is 10.9 Å². The first kappa shape index (κ1) is 13.4. The summed E-state index contributed by atoms with van der Waals surface area (Å²) in [6.07, 6.45) is 1.70. The third-order valence-corrected chi connectivity index (χ3v) is 3.74. The molecule has 2 aromatic rings. The van der Waals surface area contributed by atoms with Crippen LogP contribution in [0.4, 0.5) is 5.95 Å². The number of rotatable bonds is 4. The molecule has 10 heteroatoms. The fourth-order valence-electron chi connectivity index (χ4n) is 1.54. The zero-order valence-electron chi connectivity index (χ0n) is 9.19. The van der Waals surface area contributed by atoms with Crippen LogP contribution in [0.5, 0.6) is 0 Å². The van der Waals surface area contributed by atoms with E-state index in [2.05, 4.69) is 30.9 Å². The third-order valence-electron chi connectivity index (χ3n) is 2.29. The molecule has 2 aromatic heterocycles. The number of aryl methyl sites for hydroxylation is 1. The van der Waals surface area contributed by atoms with Gasteiger partial charge in [0.15, 0.2) is 5.65 Å². The number of imidazole rings is 1. The number of nitrogens with zero attached hydrogens (tertiary/aromatic N) is 4. The van der Waals surface area contributed by atoms with Gasteiger partial charge in [-0.1, -0.05) is 0 Å². The largest absolute Gasteiger partial charge is 0.368 e. The van der Waals surface area contributed by atoms with Crippen molar-refractivity contribution in [3.63, 3.8) is 0 Å². The summed E-state index contributed by atoms with van der Waals surface area (Å²) in [6.45, 7) is 0.407. The maximum atomic E-state index is 10.7. The average Bonchev–Trinajstić information content (AvgIpc) is 2.60. The van der Waals surface area contributed by atoms with Crippen molar-refractivity contribution in [1.82, 2.24) is 19.5 Å². The van der Waals surface area contributed by atoms with Crippen LogP contribution in [0.1, 0.15) is 6.42 Å². The van der Waals surface area contributed by atoms with Crippen molar-refractivity contribution >= 4 is 40.6 Å². The van der Waals surface area contributed by atoms with Crippen molar-refractivity contribution < 1.29 is 14.4 Å². The fraction of sp³-hybridized carbons (Fsp3) is 0.375. The lowest BCUT2D eigenvalue weighted by atomic mass is 10.4. The molecule has 4 N–H and O–H groups in total. The minimum atomic E-state index is -3.96. The molecule has 0 fully saturated rings. The summed E-state index contributed by atoms with van der Waals surface area (Å²) in [5.41, 5.74) is 6.64. The minimum Gasteiger partial charge on any atom is -0.368 e. The van der Waals surface area contributed by atoms with Gasteiger partial charge in [-0.05, 0) is 22.4 Å². The maximum Gasteiger partial charge on any atom is 0.325 e. The van der Waals surface area contributed by atoms with E-state index < -0.39 is 7.60 Å². The van der Waals surface area contributed by atoms with E-state index >= 15 is 0 Å². The topological polar surface area (TPSA) is 127 Å². The highest BCUT2D eigenvalue weighted by Crippen LogP contribution is 2.35. The van der Waals surface area contributed by atoms with Crippen LogP contribution in [0.25, 0.3) is 11.2 Å². The molecule has 0 aliphatic heterocycles. The normalized spacial score (nSPS) is 12.2. The first-order chi connectivity index (χ1) is 8.37. The summed E-state index contributed by atoms with van der Waals surface area (Å²) in [6, 6.07) is 0. The van der Waals surface area contributed by atoms with Crippen molar-refractivity contribution in [1.29, 1.82) is 0 Å². The molecule has 0 radical (unpaired) electrons. The van der Waals surface area contributed by atoms with Crippen molar-refractivity contribution in [2.45, 2.75) is 13.0 Å². The molecule has 0 saturated carbocycles. The lowest BCUT2D eigenvalue weighted by Gasteiger charge is -2.05. The monoisotopic (exact) mass is 335 g/mol. The number of hydrogen-bond donors (Lipinski definition) is 3. The molecule has 0 aliphatic carbocycles. The quantitative estimate of drug-likeness (QED) is 0.555. The second-order valence-corrected chi connectivity index (χ2v) is 6.25. The van der Waals surface area contributed by atoms with Crippen molar-refractivity contribution in [3.05, 3.63) is 10.9 Å². The van der Waals surface area contributed by atoms with Crippen LogP contribution in [0.3, 0.4) is 0 Å². The summed E-state index contributed by atoms with van der Waals surface area (Å²) >= 11 is 3.23. The van der Waals surface area contributed by atoms with Crippen LogP contribution in [0.2, 0.25) is 0 Å². The molecular weight excluding hydrogens is 325 g/mol. The van der Waals surface area contributed by atoms with Gasteiger partial charge in [0.05, 0.1) is 12.5 Å². The Hall–Kier alpha value is -1.02. The predicted octanol–water partition coefficient (Wildman–Crippen LogP) is 0.739. The highest BCUT2D eigenvalue weighted by molar-refractivity contribution is 9.10. The lowest BCUT2D eigenvalue weighted by molar-refractivity contribution is 0.370. The van der Waals surface area contributed by atoms with Crippen LogP contribution >= 0.6 is 23.5 Å². The SMILES string of the molecule is Nc1nc(Br)c2ncn(CCCP(=O)(O)O)c2n1. The number of aromatic nitrogens is 4. The van der Waals surface area contributed by atoms with Crippen LogP contribution in [0, 0.1) is 0 Å². The zero-order valence-corrected chi connectivity index (χ0v) is 11.7. The van der Waals surface area contributed by atoms with Crippen molar-refractivity contribution in [3.8, 4) is 0 Å². The van der Waals surface area contributed by atoms with E-state index in [1.807, 2.05) is 0 Å². The van der Waals surface area contributed by atoms with E-state index in [0.29, 0.717) is 28.7 Å². The van der Waals surface area contributed by atoms with E-state index in [1.165, 1.54) is 0 Å². The maximum absolute atomic E-state index is 10.7. The highest BCUT2D eigenvalue weighted by Gasteiger charge is 2.14. The molecule has 0 bridgehead atoms. The molecule has 0 aliphatic rings. The lowest BCUT2D eigenvalue weighted by Crippen LogP contribution is -2.03. The van der Waals surface area contributed by atoms with Gasteiger partial charge in [-0.2, -0.15) is 4.98 Å². The third kappa shape index (κ3) is 3.05. The molecule has 0 spiro atoms. The predicted molar refractivity (Wildman–Crippen MR) is 69.0 cm³/mol. The number of fused-ring (bicyclic) bond motifs is 1. The Bertz CT molecular complexity index is 624. The molecule has 0 amide bonds. The van der Waals surface area contributed by atoms with Gasteiger partial charge in [0, 0.05) is 6.54 Å². The molecular formula is C8H11BrN5O3P. The standard InChI is InChI=1S/C8H11BrN5O3P/c9-6-5-7(13-8(10)12-6)14(4-11-5)2-1-3-18(15,16)17/h4H,1-3H2,(H2,10,12,13)(H2,15,16,17). The average molecular weight is 336 g/mol. The Kier molecular flexibility index (Phi) is 3.67. The molecule has 0 unspecified atom stereocenters. The van der Waals surface area contributed by atoms with Gasteiger partial charge in [-0.3, -0.25) is 4.57 Å². The van der Waals surface area contributed by atoms with Crippen LogP contribution in [-0.4, -0.2) is 35.5 Å². The minimum absolute atomic E-state index is 0.117. The Morgan fingerprint density at radius 1 is 1.44 bits per heavy atom. The number of nitrogens with two attached hydrogens (primary N) is 1. The first-order valence-corrected chi connectivity index (χ1v) is 7.64. The van der Waals surface area contributed by atoms with Crippen molar-refractivity contribution in [2.24, 2.45) is 0 Å². The van der Waals surface area contributed by atoms with E-state index in [-0.39, 0.29) is 12.1 Å². The molecule has 98 valence electrons. The van der Waals surface area contributed by atoms with Crippen LogP contribution < -0.4 is 5.73 Å². The van der Waals surface area contributed by atoms with Gasteiger partial charge in [-0.25, -0.2) is 9.97 Å².